The van der Waals surface area contributed by atoms with Gasteiger partial charge >= 0.3 is 0 Å². The fraction of sp³-hybridized carbons (Fsp3) is 0.500. The van der Waals surface area contributed by atoms with E-state index in [0.29, 0.717) is 18.9 Å². The molecule has 0 atom stereocenters. The summed E-state index contributed by atoms with van der Waals surface area (Å²) in [5, 5.41) is 8.20. The van der Waals surface area contributed by atoms with E-state index in [-0.39, 0.29) is 0 Å². The lowest BCUT2D eigenvalue weighted by atomic mass is 10.2. The molecule has 0 unspecified atom stereocenters. The highest BCUT2D eigenvalue weighted by Gasteiger charge is 2.18. The lowest BCUT2D eigenvalue weighted by molar-refractivity contribution is -0.161. The van der Waals surface area contributed by atoms with Gasteiger partial charge in [0.2, 0.25) is 0 Å². The first-order chi connectivity index (χ1) is 7.79. The van der Waals surface area contributed by atoms with Gasteiger partial charge in [0.05, 0.1) is 24.2 Å². The van der Waals surface area contributed by atoms with Gasteiger partial charge in [-0.2, -0.15) is 0 Å². The fourth-order valence-corrected chi connectivity index (χ4v) is 1.60. The van der Waals surface area contributed by atoms with Crippen molar-refractivity contribution in [2.24, 2.45) is 5.18 Å². The van der Waals surface area contributed by atoms with Crippen LogP contribution in [0, 0.1) is 11.8 Å². The first kappa shape index (κ1) is 10.8. The van der Waals surface area contributed by atoms with E-state index in [2.05, 4.69) is 10.3 Å². The quantitative estimate of drug-likeness (QED) is 0.734. The van der Waals surface area contributed by atoms with Crippen molar-refractivity contribution >= 4 is 0 Å². The molecule has 0 spiro atoms. The maximum absolute atomic E-state index is 10.2. The predicted molar refractivity (Wildman–Crippen MR) is 55.8 cm³/mol. The van der Waals surface area contributed by atoms with Crippen LogP contribution in [0.4, 0.5) is 0 Å². The average molecular weight is 223 g/mol. The second kappa shape index (κ2) is 4.89. The van der Waals surface area contributed by atoms with Crippen molar-refractivity contribution in [2.75, 3.05) is 6.61 Å². The van der Waals surface area contributed by atoms with Crippen LogP contribution in [0.2, 0.25) is 0 Å². The molecule has 1 fully saturated rings. The van der Waals surface area contributed by atoms with Crippen LogP contribution in [-0.2, 0) is 11.4 Å². The van der Waals surface area contributed by atoms with Crippen LogP contribution in [0.5, 0.6) is 0 Å². The summed E-state index contributed by atoms with van der Waals surface area (Å²) in [6.07, 6.45) is 2.97. The van der Waals surface area contributed by atoms with Gasteiger partial charge in [-0.05, 0) is 24.9 Å². The number of aryl methyl sites for hydroxylation is 1. The van der Waals surface area contributed by atoms with Crippen molar-refractivity contribution in [3.05, 3.63) is 34.3 Å². The minimum atomic E-state index is 0.447. The molecule has 1 aromatic rings. The molecular weight excluding hydrogens is 210 g/mol. The normalized spacial score (nSPS) is 19.1. The minimum absolute atomic E-state index is 0.447. The maximum atomic E-state index is 10.2. The number of allylic oxidation sites excluding steroid dienone is 1. The first-order valence-electron chi connectivity index (χ1n) is 5.14. The molecule has 1 aliphatic heterocycles. The molecule has 6 nitrogen and oxygen atoms in total. The maximum Gasteiger partial charge on any atom is 0.158 e. The standard InChI is InChI=1S/C10H13N3O3/c1-8-5-10(16-12-8)7-13-9(6-11-14)3-2-4-15-13/h5-6H,2-4,7H2,1H3/b9-6+. The van der Waals surface area contributed by atoms with E-state index in [4.69, 9.17) is 9.36 Å². The van der Waals surface area contributed by atoms with Gasteiger partial charge in [0, 0.05) is 6.07 Å². The SMILES string of the molecule is Cc1cc(CN2OCCC/C2=C\N=O)on1. The van der Waals surface area contributed by atoms with Crippen molar-refractivity contribution in [3.8, 4) is 0 Å². The summed E-state index contributed by atoms with van der Waals surface area (Å²) in [5.41, 5.74) is 1.60. The number of hydroxylamine groups is 2. The van der Waals surface area contributed by atoms with Crippen LogP contribution in [0.1, 0.15) is 24.3 Å². The zero-order valence-electron chi connectivity index (χ0n) is 9.05. The van der Waals surface area contributed by atoms with Gasteiger partial charge in [0.1, 0.15) is 6.54 Å². The summed E-state index contributed by atoms with van der Waals surface area (Å²) in [6, 6.07) is 1.84. The lowest BCUT2D eigenvalue weighted by Crippen LogP contribution is -2.27. The number of hydrogen-bond acceptors (Lipinski definition) is 6. The second-order valence-electron chi connectivity index (χ2n) is 3.63. The Morgan fingerprint density at radius 3 is 3.25 bits per heavy atom. The highest BCUT2D eigenvalue weighted by atomic mass is 16.7. The molecule has 1 saturated heterocycles. The van der Waals surface area contributed by atoms with Gasteiger partial charge in [0.25, 0.3) is 0 Å². The second-order valence-corrected chi connectivity index (χ2v) is 3.63. The molecule has 1 aliphatic rings. The third kappa shape index (κ3) is 2.46. The number of nitroso groups, excluding NO2 is 1. The largest absolute Gasteiger partial charge is 0.359 e. The Balaban J connectivity index is 2.06. The zero-order valence-corrected chi connectivity index (χ0v) is 9.05. The lowest BCUT2D eigenvalue weighted by Gasteiger charge is -2.28. The smallest absolute Gasteiger partial charge is 0.158 e. The van der Waals surface area contributed by atoms with E-state index in [1.807, 2.05) is 13.0 Å². The average Bonchev–Trinajstić information content (AvgIpc) is 2.67. The fourth-order valence-electron chi connectivity index (χ4n) is 1.60. The molecule has 0 aliphatic carbocycles. The van der Waals surface area contributed by atoms with Gasteiger partial charge in [-0.25, -0.2) is 5.06 Å². The Hall–Kier alpha value is -1.69. The molecule has 6 heteroatoms. The summed E-state index contributed by atoms with van der Waals surface area (Å²) in [7, 11) is 0. The summed E-state index contributed by atoms with van der Waals surface area (Å²) < 4.78 is 5.09. The highest BCUT2D eigenvalue weighted by Crippen LogP contribution is 2.21. The van der Waals surface area contributed by atoms with E-state index in [0.717, 1.165) is 24.2 Å². The number of aromatic nitrogens is 1. The van der Waals surface area contributed by atoms with E-state index in [1.54, 1.807) is 5.06 Å². The van der Waals surface area contributed by atoms with Crippen molar-refractivity contribution < 1.29 is 9.36 Å². The number of hydrogen-bond donors (Lipinski definition) is 0. The van der Waals surface area contributed by atoms with Crippen LogP contribution < -0.4 is 0 Å². The molecule has 86 valence electrons. The van der Waals surface area contributed by atoms with Gasteiger partial charge in [-0.15, -0.1) is 4.91 Å². The number of rotatable bonds is 3. The van der Waals surface area contributed by atoms with Gasteiger partial charge in [-0.3, -0.25) is 4.84 Å². The monoisotopic (exact) mass is 223 g/mol. The van der Waals surface area contributed by atoms with E-state index in [9.17, 15) is 4.91 Å². The van der Waals surface area contributed by atoms with Gasteiger partial charge in [-0.1, -0.05) is 5.16 Å². The Morgan fingerprint density at radius 1 is 1.69 bits per heavy atom. The Morgan fingerprint density at radius 2 is 2.56 bits per heavy atom. The van der Waals surface area contributed by atoms with Gasteiger partial charge < -0.3 is 4.52 Å². The van der Waals surface area contributed by atoms with Crippen molar-refractivity contribution in [1.29, 1.82) is 0 Å². The van der Waals surface area contributed by atoms with Crippen molar-refractivity contribution in [2.45, 2.75) is 26.3 Å². The van der Waals surface area contributed by atoms with E-state index < -0.39 is 0 Å². The topological polar surface area (TPSA) is 67.9 Å². The molecule has 2 rings (SSSR count). The molecule has 0 N–H and O–H groups in total. The predicted octanol–water partition coefficient (Wildman–Crippen LogP) is 2.12. The molecule has 0 saturated carbocycles. The zero-order chi connectivity index (χ0) is 11.4. The molecule has 16 heavy (non-hydrogen) atoms. The van der Waals surface area contributed by atoms with Crippen molar-refractivity contribution in [3.63, 3.8) is 0 Å². The summed E-state index contributed by atoms with van der Waals surface area (Å²) >= 11 is 0. The minimum Gasteiger partial charge on any atom is -0.359 e. The van der Waals surface area contributed by atoms with Crippen LogP contribution in [-0.4, -0.2) is 16.8 Å². The van der Waals surface area contributed by atoms with E-state index in [1.165, 1.54) is 6.20 Å². The molecular formula is C10H13N3O3. The van der Waals surface area contributed by atoms with Crippen LogP contribution in [0.25, 0.3) is 0 Å². The van der Waals surface area contributed by atoms with Crippen LogP contribution in [0.3, 0.4) is 0 Å². The highest BCUT2D eigenvalue weighted by molar-refractivity contribution is 5.06. The third-order valence-corrected chi connectivity index (χ3v) is 2.32. The summed E-state index contributed by atoms with van der Waals surface area (Å²) in [5.74, 6) is 0.705. The van der Waals surface area contributed by atoms with Gasteiger partial charge in [0.15, 0.2) is 5.76 Å². The molecule has 2 heterocycles. The molecule has 0 bridgehead atoms. The summed E-state index contributed by atoms with van der Waals surface area (Å²) in [4.78, 5) is 15.7. The molecule has 0 radical (unpaired) electrons. The van der Waals surface area contributed by atoms with Crippen molar-refractivity contribution in [1.82, 2.24) is 10.2 Å². The first-order valence-corrected chi connectivity index (χ1v) is 5.14. The molecule has 0 aromatic carbocycles. The third-order valence-electron chi connectivity index (χ3n) is 2.32. The Kier molecular flexibility index (Phi) is 3.31. The van der Waals surface area contributed by atoms with Crippen LogP contribution in [0.15, 0.2) is 27.7 Å². The number of nitrogens with zero attached hydrogens (tertiary/aromatic N) is 3. The Labute approximate surface area is 92.8 Å². The Bertz CT molecular complexity index is 400. The van der Waals surface area contributed by atoms with E-state index >= 15 is 0 Å². The molecule has 0 amide bonds. The van der Waals surface area contributed by atoms with Crippen LogP contribution >= 0.6 is 0 Å². The summed E-state index contributed by atoms with van der Waals surface area (Å²) in [6.45, 7) is 2.94. The molecule has 1 aromatic heterocycles.